The normalized spacial score (nSPS) is 22.2. The van der Waals surface area contributed by atoms with Crippen LogP contribution in [0.2, 0.25) is 0 Å². The first kappa shape index (κ1) is 13.2. The quantitative estimate of drug-likeness (QED) is 0.860. The molecule has 1 aliphatic heterocycles. The van der Waals surface area contributed by atoms with Gasteiger partial charge in [-0.05, 0) is 43.5 Å². The van der Waals surface area contributed by atoms with Gasteiger partial charge in [0.15, 0.2) is 0 Å². The molecule has 1 aromatic carbocycles. The molecule has 2 unspecified atom stereocenters. The average Bonchev–Trinajstić information content (AvgIpc) is 2.76. The van der Waals surface area contributed by atoms with E-state index in [0.717, 1.165) is 31.7 Å². The van der Waals surface area contributed by atoms with Crippen molar-refractivity contribution in [3.63, 3.8) is 0 Å². The Bertz CT molecular complexity index is 388. The summed E-state index contributed by atoms with van der Waals surface area (Å²) in [4.78, 5) is 2.36. The van der Waals surface area contributed by atoms with Crippen molar-refractivity contribution < 1.29 is 14.9 Å². The third kappa shape index (κ3) is 2.94. The van der Waals surface area contributed by atoms with E-state index < -0.39 is 0 Å². The van der Waals surface area contributed by atoms with Gasteiger partial charge in [-0.1, -0.05) is 0 Å². The summed E-state index contributed by atoms with van der Waals surface area (Å²) in [5, 5.41) is 19.0. The highest BCUT2D eigenvalue weighted by Gasteiger charge is 2.26. The zero-order chi connectivity index (χ0) is 13.1. The van der Waals surface area contributed by atoms with Crippen molar-refractivity contribution in [2.75, 3.05) is 26.8 Å². The first-order chi connectivity index (χ1) is 8.60. The molecule has 2 rings (SSSR count). The summed E-state index contributed by atoms with van der Waals surface area (Å²) in [5.41, 5.74) is 0.950. The van der Waals surface area contributed by atoms with E-state index in [0.29, 0.717) is 5.92 Å². The smallest absolute Gasteiger partial charge is 0.119 e. The fourth-order valence-corrected chi connectivity index (χ4v) is 2.66. The minimum absolute atomic E-state index is 0.115. The number of benzene rings is 1. The number of nitrogens with zero attached hydrogens (tertiary/aromatic N) is 1. The van der Waals surface area contributed by atoms with E-state index in [2.05, 4.69) is 11.8 Å². The van der Waals surface area contributed by atoms with Crippen molar-refractivity contribution >= 4 is 0 Å². The third-order valence-corrected chi connectivity index (χ3v) is 3.67. The van der Waals surface area contributed by atoms with E-state index in [-0.39, 0.29) is 17.5 Å². The zero-order valence-corrected chi connectivity index (χ0v) is 11.0. The number of phenolic OH excluding ortho intramolecular Hbond substituents is 2. The molecule has 0 spiro atoms. The van der Waals surface area contributed by atoms with Gasteiger partial charge in [0.1, 0.15) is 11.5 Å². The van der Waals surface area contributed by atoms with Crippen molar-refractivity contribution in [3.05, 3.63) is 23.8 Å². The topological polar surface area (TPSA) is 52.9 Å². The van der Waals surface area contributed by atoms with Crippen LogP contribution in [-0.4, -0.2) is 41.9 Å². The molecular formula is C14H21NO3. The predicted octanol–water partition coefficient (Wildman–Crippen LogP) is 2.13. The van der Waals surface area contributed by atoms with Gasteiger partial charge in [0.2, 0.25) is 0 Å². The fraction of sp³-hybridized carbons (Fsp3) is 0.571. The van der Waals surface area contributed by atoms with Gasteiger partial charge < -0.3 is 14.9 Å². The van der Waals surface area contributed by atoms with Crippen molar-refractivity contribution in [2.24, 2.45) is 5.92 Å². The van der Waals surface area contributed by atoms with E-state index in [1.807, 2.05) is 0 Å². The molecule has 0 aliphatic carbocycles. The molecule has 0 radical (unpaired) electrons. The fourth-order valence-electron chi connectivity index (χ4n) is 2.66. The Morgan fingerprint density at radius 1 is 1.33 bits per heavy atom. The van der Waals surface area contributed by atoms with Crippen molar-refractivity contribution in [1.82, 2.24) is 4.90 Å². The summed E-state index contributed by atoms with van der Waals surface area (Å²) >= 11 is 0. The molecule has 0 bridgehead atoms. The molecule has 1 heterocycles. The number of rotatable bonds is 4. The van der Waals surface area contributed by atoms with Gasteiger partial charge in [0.05, 0.1) is 6.61 Å². The lowest BCUT2D eigenvalue weighted by Crippen LogP contribution is -2.25. The number of likely N-dealkylation sites (tertiary alicyclic amines) is 1. The number of methoxy groups -OCH3 is 1. The molecule has 0 saturated carbocycles. The average molecular weight is 251 g/mol. The number of phenols is 2. The Kier molecular flexibility index (Phi) is 4.09. The van der Waals surface area contributed by atoms with Crippen LogP contribution in [0.25, 0.3) is 0 Å². The summed E-state index contributed by atoms with van der Waals surface area (Å²) in [6.07, 6.45) is 1.14. The Balaban J connectivity index is 2.05. The second kappa shape index (κ2) is 5.59. The largest absolute Gasteiger partial charge is 0.508 e. The SMILES string of the molecule is COCC1CCN(C(C)c2cc(O)cc(O)c2)C1. The van der Waals surface area contributed by atoms with Gasteiger partial charge >= 0.3 is 0 Å². The summed E-state index contributed by atoms with van der Waals surface area (Å²) < 4.78 is 5.19. The van der Waals surface area contributed by atoms with Crippen LogP contribution >= 0.6 is 0 Å². The van der Waals surface area contributed by atoms with E-state index in [4.69, 9.17) is 4.74 Å². The molecule has 0 aromatic heterocycles. The van der Waals surface area contributed by atoms with E-state index >= 15 is 0 Å². The molecule has 2 atom stereocenters. The Morgan fingerprint density at radius 2 is 2.00 bits per heavy atom. The molecule has 4 heteroatoms. The van der Waals surface area contributed by atoms with Gasteiger partial charge in [0.25, 0.3) is 0 Å². The third-order valence-electron chi connectivity index (χ3n) is 3.67. The van der Waals surface area contributed by atoms with Gasteiger partial charge in [-0.15, -0.1) is 0 Å². The van der Waals surface area contributed by atoms with Crippen molar-refractivity contribution in [1.29, 1.82) is 0 Å². The number of ether oxygens (including phenoxy) is 1. The molecule has 1 aliphatic rings. The van der Waals surface area contributed by atoms with Gasteiger partial charge in [-0.3, -0.25) is 4.90 Å². The van der Waals surface area contributed by atoms with E-state index in [1.54, 1.807) is 19.2 Å². The maximum absolute atomic E-state index is 9.52. The second-order valence-corrected chi connectivity index (χ2v) is 5.06. The summed E-state index contributed by atoms with van der Waals surface area (Å²) in [5.74, 6) is 0.817. The molecular weight excluding hydrogens is 230 g/mol. The van der Waals surface area contributed by atoms with Crippen LogP contribution in [0.4, 0.5) is 0 Å². The van der Waals surface area contributed by atoms with Crippen LogP contribution in [0.3, 0.4) is 0 Å². The van der Waals surface area contributed by atoms with Crippen LogP contribution in [0.1, 0.15) is 24.9 Å². The minimum atomic E-state index is 0.115. The van der Waals surface area contributed by atoms with Crippen molar-refractivity contribution in [2.45, 2.75) is 19.4 Å². The van der Waals surface area contributed by atoms with Crippen LogP contribution < -0.4 is 0 Å². The highest BCUT2D eigenvalue weighted by Crippen LogP contribution is 2.31. The van der Waals surface area contributed by atoms with Gasteiger partial charge in [-0.25, -0.2) is 0 Å². The highest BCUT2D eigenvalue weighted by atomic mass is 16.5. The molecule has 4 nitrogen and oxygen atoms in total. The lowest BCUT2D eigenvalue weighted by molar-refractivity contribution is 0.148. The van der Waals surface area contributed by atoms with Crippen LogP contribution in [0.5, 0.6) is 11.5 Å². The molecule has 100 valence electrons. The Hall–Kier alpha value is -1.26. The molecule has 18 heavy (non-hydrogen) atoms. The molecule has 1 aromatic rings. The minimum Gasteiger partial charge on any atom is -0.508 e. The summed E-state index contributed by atoms with van der Waals surface area (Å²) in [6.45, 7) is 4.94. The lowest BCUT2D eigenvalue weighted by Gasteiger charge is -2.25. The maximum Gasteiger partial charge on any atom is 0.119 e. The van der Waals surface area contributed by atoms with E-state index in [1.165, 1.54) is 6.07 Å². The number of aromatic hydroxyl groups is 2. The maximum atomic E-state index is 9.52. The Labute approximate surface area is 108 Å². The Morgan fingerprint density at radius 3 is 2.61 bits per heavy atom. The summed E-state index contributed by atoms with van der Waals surface area (Å²) in [7, 11) is 1.74. The molecule has 0 amide bonds. The number of hydrogen-bond donors (Lipinski definition) is 2. The standard InChI is InChI=1S/C14H21NO3/c1-10(12-5-13(16)7-14(17)6-12)15-4-3-11(8-15)9-18-2/h5-7,10-11,16-17H,3-4,8-9H2,1-2H3. The van der Waals surface area contributed by atoms with Crippen molar-refractivity contribution in [3.8, 4) is 11.5 Å². The zero-order valence-electron chi connectivity index (χ0n) is 11.0. The molecule has 1 saturated heterocycles. The molecule has 1 fully saturated rings. The summed E-state index contributed by atoms with van der Waals surface area (Å²) in [6, 6.07) is 4.99. The van der Waals surface area contributed by atoms with Crippen LogP contribution in [0, 0.1) is 5.92 Å². The first-order valence-corrected chi connectivity index (χ1v) is 6.36. The number of hydrogen-bond acceptors (Lipinski definition) is 4. The van der Waals surface area contributed by atoms with Gasteiger partial charge in [0, 0.05) is 25.8 Å². The predicted molar refractivity (Wildman–Crippen MR) is 69.7 cm³/mol. The first-order valence-electron chi connectivity index (χ1n) is 6.36. The lowest BCUT2D eigenvalue weighted by atomic mass is 10.1. The highest BCUT2D eigenvalue weighted by molar-refractivity contribution is 5.38. The second-order valence-electron chi connectivity index (χ2n) is 5.06. The van der Waals surface area contributed by atoms with E-state index in [9.17, 15) is 10.2 Å². The van der Waals surface area contributed by atoms with Gasteiger partial charge in [-0.2, -0.15) is 0 Å². The van der Waals surface area contributed by atoms with Crippen LogP contribution in [-0.2, 0) is 4.74 Å². The monoisotopic (exact) mass is 251 g/mol. The van der Waals surface area contributed by atoms with Crippen LogP contribution in [0.15, 0.2) is 18.2 Å². The molecule has 2 N–H and O–H groups in total.